The topological polar surface area (TPSA) is 29.0 Å². The number of fused-ring (bicyclic) bond motifs is 1. The van der Waals surface area contributed by atoms with Crippen molar-refractivity contribution in [2.24, 2.45) is 0 Å². The molecule has 3 aromatic rings. The number of nitrogens with zero attached hydrogens (tertiary/aromatic N) is 3. The maximum atomic E-state index is 4.51. The summed E-state index contributed by atoms with van der Waals surface area (Å²) >= 11 is 1.91. The molecule has 0 saturated carbocycles. The van der Waals surface area contributed by atoms with Crippen LogP contribution in [0, 0.1) is 0 Å². The van der Waals surface area contributed by atoms with Gasteiger partial charge < -0.3 is 4.90 Å². The van der Waals surface area contributed by atoms with Gasteiger partial charge in [-0.2, -0.15) is 0 Å². The Labute approximate surface area is 135 Å². The van der Waals surface area contributed by atoms with Gasteiger partial charge in [-0.25, -0.2) is 0 Å². The molecule has 3 rings (SSSR count). The Morgan fingerprint density at radius 1 is 1.18 bits per heavy atom. The molecule has 114 valence electrons. The molecule has 22 heavy (non-hydrogen) atoms. The molecule has 4 heteroatoms. The number of hydrogen-bond acceptors (Lipinski definition) is 4. The molecule has 0 radical (unpaired) electrons. The number of likely N-dealkylation sites (N-methyl/N-ethyl adjacent to an activating group) is 1. The standard InChI is InChI=1S/C18H21N3S/c1-13(15-12-19-9-10-20-15)18-14-6-4-5-7-16(14)22-17(18)8-11-21(2)3/h4-7,9-10,12-13H,8,11H2,1-3H3. The van der Waals surface area contributed by atoms with Crippen molar-refractivity contribution in [1.82, 2.24) is 14.9 Å². The third-order valence-electron chi connectivity index (χ3n) is 3.96. The van der Waals surface area contributed by atoms with Gasteiger partial charge in [0.25, 0.3) is 0 Å². The summed E-state index contributed by atoms with van der Waals surface area (Å²) in [7, 11) is 4.25. The molecule has 1 atom stereocenters. The molecule has 0 aliphatic rings. The Balaban J connectivity index is 2.07. The highest BCUT2D eigenvalue weighted by atomic mass is 32.1. The monoisotopic (exact) mass is 311 g/mol. The lowest BCUT2D eigenvalue weighted by molar-refractivity contribution is 0.414. The highest BCUT2D eigenvalue weighted by Crippen LogP contribution is 2.38. The Bertz CT molecular complexity index is 749. The van der Waals surface area contributed by atoms with Crippen LogP contribution in [0.4, 0.5) is 0 Å². The van der Waals surface area contributed by atoms with Crippen LogP contribution >= 0.6 is 11.3 Å². The minimum absolute atomic E-state index is 0.266. The van der Waals surface area contributed by atoms with Gasteiger partial charge in [0.2, 0.25) is 0 Å². The van der Waals surface area contributed by atoms with Gasteiger partial charge in [0.15, 0.2) is 0 Å². The van der Waals surface area contributed by atoms with E-state index in [1.165, 1.54) is 20.5 Å². The van der Waals surface area contributed by atoms with Gasteiger partial charge in [0.05, 0.1) is 5.69 Å². The zero-order chi connectivity index (χ0) is 15.5. The number of rotatable bonds is 5. The smallest absolute Gasteiger partial charge is 0.0659 e. The molecule has 0 aliphatic carbocycles. The van der Waals surface area contributed by atoms with E-state index in [9.17, 15) is 0 Å². The highest BCUT2D eigenvalue weighted by molar-refractivity contribution is 7.19. The molecule has 1 aromatic carbocycles. The summed E-state index contributed by atoms with van der Waals surface area (Å²) in [6.07, 6.45) is 6.47. The fraction of sp³-hybridized carbons (Fsp3) is 0.333. The van der Waals surface area contributed by atoms with E-state index in [2.05, 4.69) is 60.2 Å². The molecule has 2 heterocycles. The van der Waals surface area contributed by atoms with Crippen molar-refractivity contribution in [3.8, 4) is 0 Å². The van der Waals surface area contributed by atoms with Crippen LogP contribution < -0.4 is 0 Å². The van der Waals surface area contributed by atoms with Crippen molar-refractivity contribution < 1.29 is 0 Å². The van der Waals surface area contributed by atoms with Gasteiger partial charge in [-0.3, -0.25) is 9.97 Å². The summed E-state index contributed by atoms with van der Waals surface area (Å²) in [6.45, 7) is 3.30. The van der Waals surface area contributed by atoms with E-state index in [1.807, 2.05) is 17.5 Å². The van der Waals surface area contributed by atoms with E-state index < -0.39 is 0 Å². The molecule has 0 saturated heterocycles. The summed E-state index contributed by atoms with van der Waals surface area (Å²) in [5, 5.41) is 1.36. The third kappa shape index (κ3) is 3.03. The van der Waals surface area contributed by atoms with Gasteiger partial charge >= 0.3 is 0 Å². The van der Waals surface area contributed by atoms with E-state index in [4.69, 9.17) is 0 Å². The lowest BCUT2D eigenvalue weighted by atomic mass is 9.94. The van der Waals surface area contributed by atoms with Crippen LogP contribution in [-0.2, 0) is 6.42 Å². The maximum absolute atomic E-state index is 4.51. The van der Waals surface area contributed by atoms with Gasteiger partial charge in [0.1, 0.15) is 0 Å². The lowest BCUT2D eigenvalue weighted by Gasteiger charge is -2.14. The van der Waals surface area contributed by atoms with Crippen LogP contribution in [0.1, 0.15) is 29.0 Å². The van der Waals surface area contributed by atoms with Gasteiger partial charge in [-0.15, -0.1) is 11.3 Å². The molecule has 0 aliphatic heterocycles. The normalized spacial score (nSPS) is 12.9. The highest BCUT2D eigenvalue weighted by Gasteiger charge is 2.20. The lowest BCUT2D eigenvalue weighted by Crippen LogP contribution is -2.15. The van der Waals surface area contributed by atoms with Crippen LogP contribution in [-0.4, -0.2) is 35.5 Å². The molecule has 1 unspecified atom stereocenters. The van der Waals surface area contributed by atoms with Crippen LogP contribution in [0.25, 0.3) is 10.1 Å². The quantitative estimate of drug-likeness (QED) is 0.714. The fourth-order valence-electron chi connectivity index (χ4n) is 2.78. The number of aromatic nitrogens is 2. The number of benzene rings is 1. The largest absolute Gasteiger partial charge is 0.309 e. The molecule has 0 bridgehead atoms. The van der Waals surface area contributed by atoms with Crippen LogP contribution in [0.5, 0.6) is 0 Å². The summed E-state index contributed by atoms with van der Waals surface area (Å²) in [6, 6.07) is 8.68. The first-order chi connectivity index (χ1) is 10.7. The van der Waals surface area contributed by atoms with Gasteiger partial charge in [-0.1, -0.05) is 25.1 Å². The Kier molecular flexibility index (Phi) is 4.50. The minimum atomic E-state index is 0.266. The minimum Gasteiger partial charge on any atom is -0.309 e. The average molecular weight is 311 g/mol. The van der Waals surface area contributed by atoms with Gasteiger partial charge in [-0.05, 0) is 37.5 Å². The zero-order valence-electron chi connectivity index (χ0n) is 13.3. The van der Waals surface area contributed by atoms with Crippen LogP contribution in [0.3, 0.4) is 0 Å². The second-order valence-electron chi connectivity index (χ2n) is 5.84. The molecule has 0 amide bonds. The van der Waals surface area contributed by atoms with E-state index in [-0.39, 0.29) is 5.92 Å². The SMILES string of the molecule is CC(c1cnccn1)c1c(CCN(C)C)sc2ccccc12. The molecule has 0 fully saturated rings. The first kappa shape index (κ1) is 15.1. The zero-order valence-corrected chi connectivity index (χ0v) is 14.1. The third-order valence-corrected chi connectivity index (χ3v) is 5.20. The Hall–Kier alpha value is -1.78. The summed E-state index contributed by atoms with van der Waals surface area (Å²) in [5.41, 5.74) is 2.46. The van der Waals surface area contributed by atoms with Crippen LogP contribution in [0.15, 0.2) is 42.9 Å². The molecular formula is C18H21N3S. The van der Waals surface area contributed by atoms with Crippen molar-refractivity contribution in [3.05, 3.63) is 59.0 Å². The fourth-order valence-corrected chi connectivity index (χ4v) is 4.07. The van der Waals surface area contributed by atoms with E-state index in [1.54, 1.807) is 12.4 Å². The molecular weight excluding hydrogens is 290 g/mol. The van der Waals surface area contributed by atoms with E-state index in [0.717, 1.165) is 18.7 Å². The summed E-state index contributed by atoms with van der Waals surface area (Å²) < 4.78 is 1.36. The Morgan fingerprint density at radius 2 is 2.00 bits per heavy atom. The molecule has 0 N–H and O–H groups in total. The average Bonchev–Trinajstić information content (AvgIpc) is 2.91. The Morgan fingerprint density at radius 3 is 2.73 bits per heavy atom. The number of thiophene rings is 1. The predicted molar refractivity (Wildman–Crippen MR) is 93.6 cm³/mol. The number of hydrogen-bond donors (Lipinski definition) is 0. The molecule has 2 aromatic heterocycles. The predicted octanol–water partition coefficient (Wildman–Crippen LogP) is 3.95. The van der Waals surface area contributed by atoms with E-state index in [0.29, 0.717) is 0 Å². The first-order valence-electron chi connectivity index (χ1n) is 7.57. The molecule has 0 spiro atoms. The molecule has 3 nitrogen and oxygen atoms in total. The first-order valence-corrected chi connectivity index (χ1v) is 8.39. The van der Waals surface area contributed by atoms with Gasteiger partial charge in [0, 0.05) is 40.6 Å². The maximum Gasteiger partial charge on any atom is 0.0659 e. The van der Waals surface area contributed by atoms with Crippen molar-refractivity contribution >= 4 is 21.4 Å². The summed E-state index contributed by atoms with van der Waals surface area (Å²) in [4.78, 5) is 12.4. The van der Waals surface area contributed by atoms with E-state index >= 15 is 0 Å². The second-order valence-corrected chi connectivity index (χ2v) is 6.98. The van der Waals surface area contributed by atoms with Crippen molar-refractivity contribution in [2.45, 2.75) is 19.3 Å². The summed E-state index contributed by atoms with van der Waals surface area (Å²) in [5.74, 6) is 0.266. The van der Waals surface area contributed by atoms with Crippen molar-refractivity contribution in [2.75, 3.05) is 20.6 Å². The second kappa shape index (κ2) is 6.55. The van der Waals surface area contributed by atoms with Crippen LogP contribution in [0.2, 0.25) is 0 Å². The van der Waals surface area contributed by atoms with Crippen molar-refractivity contribution in [1.29, 1.82) is 0 Å². The van der Waals surface area contributed by atoms with Crippen molar-refractivity contribution in [3.63, 3.8) is 0 Å².